The summed E-state index contributed by atoms with van der Waals surface area (Å²) in [4.78, 5) is 35.7. The highest BCUT2D eigenvalue weighted by atomic mass is 16.7. The lowest BCUT2D eigenvalue weighted by Gasteiger charge is -2.31. The minimum atomic E-state index is -1.20. The van der Waals surface area contributed by atoms with Gasteiger partial charge in [-0.15, -0.1) is 0 Å². The molecule has 1 N–H and O–H groups in total. The number of hydrogen-bond acceptors (Lipinski definition) is 6. The fourth-order valence-electron chi connectivity index (χ4n) is 3.29. The highest BCUT2D eigenvalue weighted by molar-refractivity contribution is 6.05. The lowest BCUT2D eigenvalue weighted by Crippen LogP contribution is -2.42. The molecule has 0 spiro atoms. The average Bonchev–Trinajstić information content (AvgIpc) is 3.01. The molecule has 1 heterocycles. The third-order valence-electron chi connectivity index (χ3n) is 4.56. The van der Waals surface area contributed by atoms with Gasteiger partial charge in [0.05, 0.1) is 5.69 Å². The van der Waals surface area contributed by atoms with Crippen LogP contribution in [0.15, 0.2) is 12.1 Å². The van der Waals surface area contributed by atoms with Gasteiger partial charge in [-0.05, 0) is 25.8 Å². The van der Waals surface area contributed by atoms with Crippen molar-refractivity contribution < 1.29 is 29.0 Å². The fraction of sp³-hybridized carbons (Fsp3) is 0.471. The Morgan fingerprint density at radius 3 is 2.33 bits per heavy atom. The number of carbonyl (C=O) groups is 3. The zero-order valence-corrected chi connectivity index (χ0v) is 13.3. The number of carboxylic acids is 1. The smallest absolute Gasteiger partial charge is 0.231 e. The van der Waals surface area contributed by atoms with Crippen LogP contribution in [0.4, 0.5) is 5.69 Å². The summed E-state index contributed by atoms with van der Waals surface area (Å²) in [6.45, 7) is 1.44. The summed E-state index contributed by atoms with van der Waals surface area (Å²) in [5.74, 6) is -2.41. The van der Waals surface area contributed by atoms with E-state index in [-0.39, 0.29) is 12.6 Å². The van der Waals surface area contributed by atoms with Gasteiger partial charge in [-0.1, -0.05) is 12.8 Å². The summed E-state index contributed by atoms with van der Waals surface area (Å²) in [5.41, 5.74) is 0.604. The number of fused-ring (bicyclic) bond motifs is 1. The average molecular weight is 332 g/mol. The van der Waals surface area contributed by atoms with Crippen LogP contribution in [0.5, 0.6) is 11.5 Å². The molecule has 7 heteroatoms. The van der Waals surface area contributed by atoms with E-state index in [1.807, 2.05) is 0 Å². The van der Waals surface area contributed by atoms with E-state index in [9.17, 15) is 19.5 Å². The molecule has 0 bridgehead atoms. The Hall–Kier alpha value is -2.57. The van der Waals surface area contributed by atoms with E-state index < -0.39 is 23.7 Å². The standard InChI is InChI=1S/C17H19NO6/c1-9(19)12-6-14-15(24-8-23-14)7-13(12)18-16(20)10-4-2-3-5-11(10)17(21)22/h6-7,10-11H,2-5,8H2,1H3,(H,18,20)(H,21,22)/p-1/t10-,11-/m1/s1. The zero-order chi connectivity index (χ0) is 17.3. The number of aliphatic carboxylic acids is 1. The third-order valence-corrected chi connectivity index (χ3v) is 4.56. The van der Waals surface area contributed by atoms with Crippen LogP contribution in [0.1, 0.15) is 43.0 Å². The van der Waals surface area contributed by atoms with Gasteiger partial charge in [0, 0.05) is 29.4 Å². The van der Waals surface area contributed by atoms with Crippen molar-refractivity contribution in [1.29, 1.82) is 0 Å². The molecule has 0 radical (unpaired) electrons. The quantitative estimate of drug-likeness (QED) is 0.828. The number of carbonyl (C=O) groups excluding carboxylic acids is 3. The fourth-order valence-corrected chi connectivity index (χ4v) is 3.29. The van der Waals surface area contributed by atoms with E-state index in [2.05, 4.69) is 5.32 Å². The predicted octanol–water partition coefficient (Wildman–Crippen LogP) is 1.11. The monoisotopic (exact) mass is 332 g/mol. The molecule has 0 saturated heterocycles. The van der Waals surface area contributed by atoms with Crippen LogP contribution >= 0.6 is 0 Å². The highest BCUT2D eigenvalue weighted by Crippen LogP contribution is 2.38. The largest absolute Gasteiger partial charge is 0.550 e. The summed E-state index contributed by atoms with van der Waals surface area (Å²) in [6, 6.07) is 3.06. The maximum Gasteiger partial charge on any atom is 0.231 e. The van der Waals surface area contributed by atoms with Gasteiger partial charge in [-0.2, -0.15) is 0 Å². The van der Waals surface area contributed by atoms with Gasteiger partial charge < -0.3 is 24.7 Å². The Labute approximate surface area is 138 Å². The first-order valence-corrected chi connectivity index (χ1v) is 7.93. The second kappa shape index (κ2) is 6.51. The maximum atomic E-state index is 12.6. The number of Topliss-reactive ketones (excluding diaryl/α,β-unsaturated/α-hetero) is 1. The van der Waals surface area contributed by atoms with E-state index in [0.717, 1.165) is 12.8 Å². The van der Waals surface area contributed by atoms with Crippen molar-refractivity contribution in [1.82, 2.24) is 0 Å². The Morgan fingerprint density at radius 2 is 1.71 bits per heavy atom. The predicted molar refractivity (Wildman–Crippen MR) is 81.7 cm³/mol. The van der Waals surface area contributed by atoms with Gasteiger partial charge in [0.1, 0.15) is 0 Å². The molecular formula is C17H18NO6-. The molecule has 0 unspecified atom stereocenters. The van der Waals surface area contributed by atoms with Crippen molar-refractivity contribution >= 4 is 23.3 Å². The van der Waals surface area contributed by atoms with Crippen LogP contribution in [0.2, 0.25) is 0 Å². The molecule has 24 heavy (non-hydrogen) atoms. The second-order valence-corrected chi connectivity index (χ2v) is 6.11. The number of hydrogen-bond donors (Lipinski definition) is 1. The number of ketones is 1. The summed E-state index contributed by atoms with van der Waals surface area (Å²) in [7, 11) is 0. The molecule has 3 rings (SSSR count). The molecule has 128 valence electrons. The molecule has 2 aliphatic rings. The van der Waals surface area contributed by atoms with Crippen LogP contribution in [0.3, 0.4) is 0 Å². The van der Waals surface area contributed by atoms with Gasteiger partial charge in [-0.3, -0.25) is 9.59 Å². The van der Waals surface area contributed by atoms with Crippen LogP contribution < -0.4 is 19.9 Å². The molecule has 2 atom stereocenters. The van der Waals surface area contributed by atoms with Crippen molar-refractivity contribution in [3.63, 3.8) is 0 Å². The van der Waals surface area contributed by atoms with Gasteiger partial charge in [0.15, 0.2) is 17.3 Å². The summed E-state index contributed by atoms with van der Waals surface area (Å²) in [6.07, 6.45) is 2.49. The van der Waals surface area contributed by atoms with Crippen LogP contribution in [-0.4, -0.2) is 24.5 Å². The number of carboxylic acid groups (broad SMARTS) is 1. The number of ether oxygens (including phenoxy) is 2. The van der Waals surface area contributed by atoms with Crippen molar-refractivity contribution in [2.24, 2.45) is 11.8 Å². The molecule has 1 aliphatic carbocycles. The molecule has 1 aromatic rings. The van der Waals surface area contributed by atoms with Crippen LogP contribution in [0.25, 0.3) is 0 Å². The number of nitrogens with one attached hydrogen (secondary N) is 1. The Bertz CT molecular complexity index is 699. The van der Waals surface area contributed by atoms with Gasteiger partial charge in [0.25, 0.3) is 0 Å². The molecular weight excluding hydrogens is 314 g/mol. The lowest BCUT2D eigenvalue weighted by molar-refractivity contribution is -0.313. The summed E-state index contributed by atoms with van der Waals surface area (Å²) >= 11 is 0. The topological polar surface area (TPSA) is 105 Å². The second-order valence-electron chi connectivity index (χ2n) is 6.11. The van der Waals surface area contributed by atoms with Gasteiger partial charge in [-0.25, -0.2) is 0 Å². The minimum absolute atomic E-state index is 0.0550. The van der Waals surface area contributed by atoms with E-state index in [4.69, 9.17) is 9.47 Å². The highest BCUT2D eigenvalue weighted by Gasteiger charge is 2.32. The lowest BCUT2D eigenvalue weighted by atomic mass is 9.78. The molecule has 1 aliphatic heterocycles. The first-order valence-electron chi connectivity index (χ1n) is 7.93. The molecule has 1 saturated carbocycles. The molecule has 1 amide bonds. The number of rotatable bonds is 4. The summed E-state index contributed by atoms with van der Waals surface area (Å²) in [5, 5.41) is 14.0. The number of benzene rings is 1. The molecule has 1 aromatic carbocycles. The van der Waals surface area contributed by atoms with E-state index in [1.54, 1.807) is 0 Å². The third kappa shape index (κ3) is 3.06. The van der Waals surface area contributed by atoms with Crippen LogP contribution in [0, 0.1) is 11.8 Å². The maximum absolute atomic E-state index is 12.6. The molecule has 7 nitrogen and oxygen atoms in total. The van der Waals surface area contributed by atoms with Crippen molar-refractivity contribution in [3.8, 4) is 11.5 Å². The Balaban J connectivity index is 1.86. The minimum Gasteiger partial charge on any atom is -0.550 e. The first-order chi connectivity index (χ1) is 11.5. The van der Waals surface area contributed by atoms with E-state index >= 15 is 0 Å². The van der Waals surface area contributed by atoms with Crippen molar-refractivity contribution in [3.05, 3.63) is 17.7 Å². The molecule has 1 fully saturated rings. The van der Waals surface area contributed by atoms with Crippen molar-refractivity contribution in [2.75, 3.05) is 12.1 Å². The van der Waals surface area contributed by atoms with E-state index in [1.165, 1.54) is 19.1 Å². The molecule has 0 aromatic heterocycles. The van der Waals surface area contributed by atoms with Gasteiger partial charge in [0.2, 0.25) is 12.7 Å². The normalized spacial score (nSPS) is 22.0. The van der Waals surface area contributed by atoms with Crippen LogP contribution in [-0.2, 0) is 9.59 Å². The van der Waals surface area contributed by atoms with E-state index in [0.29, 0.717) is 35.6 Å². The van der Waals surface area contributed by atoms with Crippen molar-refractivity contribution in [2.45, 2.75) is 32.6 Å². The number of anilines is 1. The zero-order valence-electron chi connectivity index (χ0n) is 13.3. The Kier molecular flexibility index (Phi) is 4.42. The first kappa shape index (κ1) is 16.3. The Morgan fingerprint density at radius 1 is 1.08 bits per heavy atom. The summed E-state index contributed by atoms with van der Waals surface area (Å²) < 4.78 is 10.5. The van der Waals surface area contributed by atoms with Gasteiger partial charge >= 0.3 is 0 Å². The number of amides is 1. The SMILES string of the molecule is CC(=O)c1cc2c(cc1NC(=O)[C@@H]1CCCC[C@H]1C(=O)[O-])OCO2.